The molecule has 0 aromatic heterocycles. The lowest BCUT2D eigenvalue weighted by atomic mass is 10.1. The van der Waals surface area contributed by atoms with Gasteiger partial charge >= 0.3 is 0 Å². The number of rotatable bonds is 5. The lowest BCUT2D eigenvalue weighted by Gasteiger charge is -2.33. The molecule has 0 spiro atoms. The summed E-state index contributed by atoms with van der Waals surface area (Å²) < 4.78 is 0. The van der Waals surface area contributed by atoms with E-state index in [4.69, 9.17) is 5.73 Å². The minimum Gasteiger partial charge on any atom is -0.370 e. The highest BCUT2D eigenvalue weighted by Crippen LogP contribution is 2.08. The molecule has 0 radical (unpaired) electrons. The lowest BCUT2D eigenvalue weighted by Crippen LogP contribution is -2.46. The van der Waals surface area contributed by atoms with Gasteiger partial charge in [0.05, 0.1) is 0 Å². The summed E-state index contributed by atoms with van der Waals surface area (Å²) >= 11 is 0. The number of guanidine groups is 1. The third-order valence-electron chi connectivity index (χ3n) is 4.06. The molecule has 1 atom stereocenters. The van der Waals surface area contributed by atoms with E-state index in [2.05, 4.69) is 53.1 Å². The molecular formula is C17H29N5. The maximum Gasteiger partial charge on any atom is 0.193 e. The van der Waals surface area contributed by atoms with Crippen LogP contribution in [-0.2, 0) is 0 Å². The van der Waals surface area contributed by atoms with Gasteiger partial charge in [-0.05, 0) is 32.0 Å². The zero-order valence-electron chi connectivity index (χ0n) is 14.0. The molecule has 1 fully saturated rings. The average Bonchev–Trinajstić information content (AvgIpc) is 2.50. The van der Waals surface area contributed by atoms with E-state index >= 15 is 0 Å². The van der Waals surface area contributed by atoms with Gasteiger partial charge in [-0.15, -0.1) is 0 Å². The minimum absolute atomic E-state index is 0.495. The van der Waals surface area contributed by atoms with Crippen LogP contribution in [0.25, 0.3) is 0 Å². The topological polar surface area (TPSA) is 56.9 Å². The Balaban J connectivity index is 1.74. The number of benzene rings is 1. The maximum absolute atomic E-state index is 5.96. The first-order chi connectivity index (χ1) is 10.5. The molecule has 1 aromatic rings. The van der Waals surface area contributed by atoms with Gasteiger partial charge in [0.1, 0.15) is 0 Å². The van der Waals surface area contributed by atoms with E-state index in [1.807, 2.05) is 12.1 Å². The molecule has 1 heterocycles. The van der Waals surface area contributed by atoms with Gasteiger partial charge in [-0.25, -0.2) is 0 Å². The number of piperazine rings is 1. The highest BCUT2D eigenvalue weighted by molar-refractivity contribution is 5.92. The summed E-state index contributed by atoms with van der Waals surface area (Å²) in [5.41, 5.74) is 8.18. The Morgan fingerprint density at radius 3 is 2.50 bits per heavy atom. The highest BCUT2D eigenvalue weighted by atomic mass is 15.2. The van der Waals surface area contributed by atoms with Crippen molar-refractivity contribution in [3.05, 3.63) is 29.8 Å². The third kappa shape index (κ3) is 5.66. The van der Waals surface area contributed by atoms with Crippen LogP contribution in [0.3, 0.4) is 0 Å². The van der Waals surface area contributed by atoms with Crippen LogP contribution in [0.4, 0.5) is 5.69 Å². The Bertz CT molecular complexity index is 474. The van der Waals surface area contributed by atoms with Gasteiger partial charge in [-0.3, -0.25) is 4.99 Å². The molecule has 5 nitrogen and oxygen atoms in total. The number of hydrogen-bond acceptors (Lipinski definition) is 3. The van der Waals surface area contributed by atoms with Gasteiger partial charge in [0.25, 0.3) is 0 Å². The number of nitrogens with two attached hydrogens (primary N) is 1. The zero-order valence-corrected chi connectivity index (χ0v) is 14.0. The van der Waals surface area contributed by atoms with E-state index in [9.17, 15) is 0 Å². The molecule has 0 bridgehead atoms. The van der Waals surface area contributed by atoms with Crippen LogP contribution in [0.5, 0.6) is 0 Å². The molecule has 1 aliphatic heterocycles. The number of anilines is 1. The Hall–Kier alpha value is -1.59. The molecule has 1 unspecified atom stereocenters. The molecule has 1 aromatic carbocycles. The van der Waals surface area contributed by atoms with Crippen molar-refractivity contribution in [2.24, 2.45) is 16.6 Å². The third-order valence-corrected chi connectivity index (χ3v) is 4.06. The number of likely N-dealkylation sites (N-methyl/N-ethyl adjacent to an activating group) is 1. The molecular weight excluding hydrogens is 274 g/mol. The van der Waals surface area contributed by atoms with Crippen molar-refractivity contribution < 1.29 is 0 Å². The second-order valence-electron chi connectivity index (χ2n) is 6.43. The maximum atomic E-state index is 5.96. The van der Waals surface area contributed by atoms with Crippen LogP contribution >= 0.6 is 0 Å². The van der Waals surface area contributed by atoms with Crippen LogP contribution < -0.4 is 11.1 Å². The zero-order chi connectivity index (χ0) is 15.9. The molecule has 22 heavy (non-hydrogen) atoms. The van der Waals surface area contributed by atoms with E-state index in [1.165, 1.54) is 5.56 Å². The smallest absolute Gasteiger partial charge is 0.193 e. The van der Waals surface area contributed by atoms with Crippen molar-refractivity contribution in [2.75, 3.05) is 51.6 Å². The monoisotopic (exact) mass is 303 g/mol. The van der Waals surface area contributed by atoms with Crippen LogP contribution in [0, 0.1) is 12.8 Å². The molecule has 1 aliphatic rings. The van der Waals surface area contributed by atoms with Gasteiger partial charge in [0.2, 0.25) is 0 Å². The fourth-order valence-electron chi connectivity index (χ4n) is 2.61. The predicted molar refractivity (Wildman–Crippen MR) is 94.4 cm³/mol. The predicted octanol–water partition coefficient (Wildman–Crippen LogP) is 1.61. The van der Waals surface area contributed by atoms with Crippen LogP contribution in [-0.4, -0.2) is 62.1 Å². The Morgan fingerprint density at radius 2 is 1.86 bits per heavy atom. The van der Waals surface area contributed by atoms with Gasteiger partial charge in [0.15, 0.2) is 5.96 Å². The van der Waals surface area contributed by atoms with E-state index < -0.39 is 0 Å². The van der Waals surface area contributed by atoms with E-state index in [0.717, 1.165) is 45.0 Å². The molecule has 122 valence electrons. The highest BCUT2D eigenvalue weighted by Gasteiger charge is 2.15. The van der Waals surface area contributed by atoms with Crippen molar-refractivity contribution in [1.29, 1.82) is 0 Å². The molecule has 0 amide bonds. The van der Waals surface area contributed by atoms with Crippen molar-refractivity contribution in [3.63, 3.8) is 0 Å². The summed E-state index contributed by atoms with van der Waals surface area (Å²) in [4.78, 5) is 9.36. The van der Waals surface area contributed by atoms with Crippen molar-refractivity contribution >= 4 is 11.6 Å². The van der Waals surface area contributed by atoms with Crippen molar-refractivity contribution in [1.82, 2.24) is 9.80 Å². The van der Waals surface area contributed by atoms with Gasteiger partial charge in [0, 0.05) is 45.0 Å². The van der Waals surface area contributed by atoms with Crippen LogP contribution in [0.15, 0.2) is 29.3 Å². The SMILES string of the molecule is Cc1ccc(NC(N)=NCC(C)CN2CCN(C)CC2)cc1. The number of aliphatic imine (C=N–C) groups is 1. The lowest BCUT2D eigenvalue weighted by molar-refractivity contribution is 0.140. The first-order valence-electron chi connectivity index (χ1n) is 8.07. The molecule has 3 N–H and O–H groups in total. The van der Waals surface area contributed by atoms with Crippen molar-refractivity contribution in [3.8, 4) is 0 Å². The second kappa shape index (κ2) is 8.15. The normalized spacial score (nSPS) is 19.1. The molecule has 0 saturated carbocycles. The van der Waals surface area contributed by atoms with E-state index in [0.29, 0.717) is 11.9 Å². The molecule has 0 aliphatic carbocycles. The summed E-state index contributed by atoms with van der Waals surface area (Å²) in [6.45, 7) is 10.8. The quantitative estimate of drug-likeness (QED) is 0.641. The van der Waals surface area contributed by atoms with Crippen molar-refractivity contribution in [2.45, 2.75) is 13.8 Å². The number of nitrogens with one attached hydrogen (secondary N) is 1. The van der Waals surface area contributed by atoms with E-state index in [-0.39, 0.29) is 0 Å². The Morgan fingerprint density at radius 1 is 1.23 bits per heavy atom. The molecule has 1 saturated heterocycles. The molecule has 5 heteroatoms. The first-order valence-corrected chi connectivity index (χ1v) is 8.07. The van der Waals surface area contributed by atoms with Gasteiger partial charge in [-0.1, -0.05) is 24.6 Å². The van der Waals surface area contributed by atoms with Crippen LogP contribution in [0.1, 0.15) is 12.5 Å². The summed E-state index contributed by atoms with van der Waals surface area (Å²) in [6.07, 6.45) is 0. The second-order valence-corrected chi connectivity index (χ2v) is 6.43. The van der Waals surface area contributed by atoms with E-state index in [1.54, 1.807) is 0 Å². The molecule has 2 rings (SSSR count). The number of hydrogen-bond donors (Lipinski definition) is 2. The summed E-state index contributed by atoms with van der Waals surface area (Å²) in [7, 11) is 2.18. The average molecular weight is 303 g/mol. The minimum atomic E-state index is 0.495. The van der Waals surface area contributed by atoms with Gasteiger partial charge in [-0.2, -0.15) is 0 Å². The summed E-state index contributed by atoms with van der Waals surface area (Å²) in [6, 6.07) is 8.16. The standard InChI is InChI=1S/C17H29N5/c1-14-4-6-16(7-5-14)20-17(18)19-12-15(2)13-22-10-8-21(3)9-11-22/h4-7,15H,8-13H2,1-3H3,(H3,18,19,20). The Labute approximate surface area is 134 Å². The summed E-state index contributed by atoms with van der Waals surface area (Å²) in [5.74, 6) is 1.01. The summed E-state index contributed by atoms with van der Waals surface area (Å²) in [5, 5.41) is 3.14. The number of nitrogens with zero attached hydrogens (tertiary/aromatic N) is 3. The largest absolute Gasteiger partial charge is 0.370 e. The van der Waals surface area contributed by atoms with Gasteiger partial charge < -0.3 is 20.9 Å². The fourth-order valence-corrected chi connectivity index (χ4v) is 2.61. The number of aryl methyl sites for hydroxylation is 1. The first kappa shape index (κ1) is 16.8. The Kier molecular flexibility index (Phi) is 6.21. The fraction of sp³-hybridized carbons (Fsp3) is 0.588. The van der Waals surface area contributed by atoms with Crippen LogP contribution in [0.2, 0.25) is 0 Å².